The highest BCUT2D eigenvalue weighted by Crippen LogP contribution is 2.10. The van der Waals surface area contributed by atoms with Crippen molar-refractivity contribution in [1.82, 2.24) is 14.8 Å². The number of pyridine rings is 1. The fourth-order valence-electron chi connectivity index (χ4n) is 1.18. The van der Waals surface area contributed by atoms with E-state index >= 15 is 0 Å². The number of aromatic nitrogens is 3. The van der Waals surface area contributed by atoms with Crippen molar-refractivity contribution in [3.63, 3.8) is 0 Å². The molecule has 2 aromatic rings. The molecule has 2 rings (SSSR count). The van der Waals surface area contributed by atoms with Crippen molar-refractivity contribution < 1.29 is 4.74 Å². The van der Waals surface area contributed by atoms with Crippen LogP contribution in [0.25, 0.3) is 5.82 Å². The van der Waals surface area contributed by atoms with Crippen LogP contribution in [0.3, 0.4) is 0 Å². The van der Waals surface area contributed by atoms with Crippen LogP contribution in [0.1, 0.15) is 5.56 Å². The SMILES string of the molecule is COc1cccc(-n2cc(C)cn2)n1. The van der Waals surface area contributed by atoms with E-state index in [1.54, 1.807) is 24.1 Å². The zero-order valence-electron chi connectivity index (χ0n) is 8.14. The highest BCUT2D eigenvalue weighted by atomic mass is 16.5. The van der Waals surface area contributed by atoms with Crippen molar-refractivity contribution >= 4 is 0 Å². The van der Waals surface area contributed by atoms with E-state index < -0.39 is 0 Å². The third kappa shape index (κ3) is 1.59. The van der Waals surface area contributed by atoms with Crippen molar-refractivity contribution in [2.75, 3.05) is 7.11 Å². The standard InChI is InChI=1S/C10H11N3O/c1-8-6-11-13(7-8)9-4-3-5-10(12-9)14-2/h3-7H,1-2H3. The van der Waals surface area contributed by atoms with Gasteiger partial charge < -0.3 is 4.74 Å². The van der Waals surface area contributed by atoms with Gasteiger partial charge in [0.15, 0.2) is 5.82 Å². The van der Waals surface area contributed by atoms with Gasteiger partial charge in [0.05, 0.1) is 13.3 Å². The Balaban J connectivity index is 2.41. The van der Waals surface area contributed by atoms with Gasteiger partial charge in [-0.05, 0) is 18.6 Å². The first-order valence-electron chi connectivity index (χ1n) is 4.32. The first kappa shape index (κ1) is 8.74. The number of nitrogens with zero attached hydrogens (tertiary/aromatic N) is 3. The Labute approximate surface area is 82.2 Å². The molecule has 0 amide bonds. The Morgan fingerprint density at radius 3 is 2.86 bits per heavy atom. The van der Waals surface area contributed by atoms with E-state index in [-0.39, 0.29) is 0 Å². The lowest BCUT2D eigenvalue weighted by Gasteiger charge is -2.02. The van der Waals surface area contributed by atoms with E-state index in [9.17, 15) is 0 Å². The number of aryl methyl sites for hydroxylation is 1. The largest absolute Gasteiger partial charge is 0.481 e. The average Bonchev–Trinajstić information content (AvgIpc) is 2.65. The first-order chi connectivity index (χ1) is 6.79. The second kappa shape index (κ2) is 3.49. The van der Waals surface area contributed by atoms with Gasteiger partial charge in [0.2, 0.25) is 5.88 Å². The Morgan fingerprint density at radius 2 is 2.21 bits per heavy atom. The molecule has 0 bridgehead atoms. The number of methoxy groups -OCH3 is 1. The smallest absolute Gasteiger partial charge is 0.214 e. The number of hydrogen-bond acceptors (Lipinski definition) is 3. The second-order valence-electron chi connectivity index (χ2n) is 3.00. The Bertz CT molecular complexity index is 436. The lowest BCUT2D eigenvalue weighted by Crippen LogP contribution is -1.98. The summed E-state index contributed by atoms with van der Waals surface area (Å²) in [7, 11) is 1.60. The highest BCUT2D eigenvalue weighted by Gasteiger charge is 2.00. The Hall–Kier alpha value is -1.84. The summed E-state index contributed by atoms with van der Waals surface area (Å²) < 4.78 is 6.75. The molecule has 0 aliphatic rings. The molecule has 4 heteroatoms. The molecule has 0 saturated heterocycles. The monoisotopic (exact) mass is 189 g/mol. The predicted molar refractivity (Wildman–Crippen MR) is 52.6 cm³/mol. The molecule has 0 saturated carbocycles. The van der Waals surface area contributed by atoms with Gasteiger partial charge in [0.25, 0.3) is 0 Å². The summed E-state index contributed by atoms with van der Waals surface area (Å²) in [6, 6.07) is 5.58. The summed E-state index contributed by atoms with van der Waals surface area (Å²) in [6.45, 7) is 1.99. The fraction of sp³-hybridized carbons (Fsp3) is 0.200. The van der Waals surface area contributed by atoms with Gasteiger partial charge in [-0.25, -0.2) is 4.68 Å². The van der Waals surface area contributed by atoms with Crippen LogP contribution in [-0.2, 0) is 0 Å². The van der Waals surface area contributed by atoms with Crippen LogP contribution in [-0.4, -0.2) is 21.9 Å². The molecule has 2 aromatic heterocycles. The van der Waals surface area contributed by atoms with Crippen LogP contribution in [0.15, 0.2) is 30.6 Å². The van der Waals surface area contributed by atoms with Crippen LogP contribution in [0.4, 0.5) is 0 Å². The van der Waals surface area contributed by atoms with Crippen molar-refractivity contribution in [3.05, 3.63) is 36.2 Å². The van der Waals surface area contributed by atoms with E-state index in [0.717, 1.165) is 11.4 Å². The van der Waals surface area contributed by atoms with Crippen LogP contribution < -0.4 is 4.74 Å². The van der Waals surface area contributed by atoms with Crippen LogP contribution in [0.2, 0.25) is 0 Å². The number of rotatable bonds is 2. The maximum absolute atomic E-state index is 5.03. The minimum absolute atomic E-state index is 0.593. The van der Waals surface area contributed by atoms with Gasteiger partial charge >= 0.3 is 0 Å². The molecule has 2 heterocycles. The summed E-state index contributed by atoms with van der Waals surface area (Å²) in [5.74, 6) is 1.35. The van der Waals surface area contributed by atoms with Crippen molar-refractivity contribution in [2.24, 2.45) is 0 Å². The maximum Gasteiger partial charge on any atom is 0.214 e. The molecule has 14 heavy (non-hydrogen) atoms. The highest BCUT2D eigenvalue weighted by molar-refractivity contribution is 5.27. The molecule has 0 spiro atoms. The third-order valence-corrected chi connectivity index (χ3v) is 1.86. The van der Waals surface area contributed by atoms with Gasteiger partial charge in [0.1, 0.15) is 0 Å². The minimum Gasteiger partial charge on any atom is -0.481 e. The quantitative estimate of drug-likeness (QED) is 0.720. The molecular formula is C10H11N3O. The van der Waals surface area contributed by atoms with Crippen molar-refractivity contribution in [2.45, 2.75) is 6.92 Å². The van der Waals surface area contributed by atoms with Gasteiger partial charge in [-0.1, -0.05) is 6.07 Å². The lowest BCUT2D eigenvalue weighted by atomic mass is 10.4. The predicted octanol–water partition coefficient (Wildman–Crippen LogP) is 1.58. The Kier molecular flexibility index (Phi) is 2.18. The summed E-state index contributed by atoms with van der Waals surface area (Å²) in [6.07, 6.45) is 3.71. The molecule has 0 aliphatic carbocycles. The summed E-state index contributed by atoms with van der Waals surface area (Å²) in [4.78, 5) is 4.25. The van der Waals surface area contributed by atoms with Gasteiger partial charge in [0, 0.05) is 12.3 Å². The zero-order chi connectivity index (χ0) is 9.97. The average molecular weight is 189 g/mol. The third-order valence-electron chi connectivity index (χ3n) is 1.86. The summed E-state index contributed by atoms with van der Waals surface area (Å²) >= 11 is 0. The van der Waals surface area contributed by atoms with Crippen LogP contribution in [0.5, 0.6) is 5.88 Å². The summed E-state index contributed by atoms with van der Waals surface area (Å²) in [5.41, 5.74) is 1.11. The molecular weight excluding hydrogens is 178 g/mol. The van der Waals surface area contributed by atoms with Crippen molar-refractivity contribution in [3.8, 4) is 11.7 Å². The molecule has 4 nitrogen and oxygen atoms in total. The van der Waals surface area contributed by atoms with Gasteiger partial charge in [-0.2, -0.15) is 10.1 Å². The van der Waals surface area contributed by atoms with Gasteiger partial charge in [-0.15, -0.1) is 0 Å². The molecule has 0 N–H and O–H groups in total. The molecule has 72 valence electrons. The number of ether oxygens (including phenoxy) is 1. The van der Waals surface area contributed by atoms with E-state index in [0.29, 0.717) is 5.88 Å². The van der Waals surface area contributed by atoms with Crippen molar-refractivity contribution in [1.29, 1.82) is 0 Å². The molecule has 0 atom stereocenters. The normalized spacial score (nSPS) is 10.1. The molecule has 0 aliphatic heterocycles. The van der Waals surface area contributed by atoms with Crippen LogP contribution >= 0.6 is 0 Å². The zero-order valence-corrected chi connectivity index (χ0v) is 8.14. The molecule has 0 fully saturated rings. The molecule has 0 radical (unpaired) electrons. The summed E-state index contributed by atoms with van der Waals surface area (Å²) in [5, 5.41) is 4.16. The topological polar surface area (TPSA) is 39.9 Å². The minimum atomic E-state index is 0.593. The molecule has 0 aromatic carbocycles. The number of hydrogen-bond donors (Lipinski definition) is 0. The van der Waals surface area contributed by atoms with Crippen LogP contribution in [0, 0.1) is 6.92 Å². The fourth-order valence-corrected chi connectivity index (χ4v) is 1.18. The Morgan fingerprint density at radius 1 is 1.36 bits per heavy atom. The maximum atomic E-state index is 5.03. The molecule has 0 unspecified atom stereocenters. The van der Waals surface area contributed by atoms with E-state index in [2.05, 4.69) is 10.1 Å². The van der Waals surface area contributed by atoms with E-state index in [4.69, 9.17) is 4.74 Å². The second-order valence-corrected chi connectivity index (χ2v) is 3.00. The van der Waals surface area contributed by atoms with E-state index in [1.165, 1.54) is 0 Å². The van der Waals surface area contributed by atoms with E-state index in [1.807, 2.05) is 25.3 Å². The first-order valence-corrected chi connectivity index (χ1v) is 4.32. The lowest BCUT2D eigenvalue weighted by molar-refractivity contribution is 0.397. The van der Waals surface area contributed by atoms with Gasteiger partial charge in [-0.3, -0.25) is 0 Å².